The molecule has 2 N–H and O–H groups in total. The van der Waals surface area contributed by atoms with E-state index in [0.29, 0.717) is 11.7 Å². The number of halogens is 1. The Morgan fingerprint density at radius 1 is 1.32 bits per heavy atom. The van der Waals surface area contributed by atoms with Crippen LogP contribution in [0.4, 0.5) is 0 Å². The Bertz CT molecular complexity index is 645. The number of aromatic nitrogens is 2. The predicted octanol–water partition coefficient (Wildman–Crippen LogP) is 1.07. The number of nitrogens with zero attached hydrogens (tertiary/aromatic N) is 3. The lowest BCUT2D eigenvalue weighted by molar-refractivity contribution is 0.190. The van der Waals surface area contributed by atoms with Crippen LogP contribution in [0.3, 0.4) is 0 Å². The van der Waals surface area contributed by atoms with Gasteiger partial charge in [0.15, 0.2) is 5.82 Å². The SMILES string of the molecule is CC1CCC(NS(=O)(=O)Cc2nc(C3CNCCN3C)no2)CC1.Cl. The van der Waals surface area contributed by atoms with E-state index in [9.17, 15) is 8.42 Å². The fourth-order valence-electron chi connectivity index (χ4n) is 3.39. The molecule has 0 spiro atoms. The standard InChI is InChI=1S/C15H27N5O3S.ClH/c1-11-3-5-12(6-4-11)19-24(21,22)10-14-17-15(18-23-14)13-9-16-7-8-20(13)2;/h11-13,16,19H,3-10H2,1-2H3;1H. The smallest absolute Gasteiger partial charge is 0.243 e. The van der Waals surface area contributed by atoms with E-state index in [0.717, 1.165) is 45.3 Å². The van der Waals surface area contributed by atoms with Crippen LogP contribution in [0.1, 0.15) is 50.4 Å². The number of likely N-dealkylation sites (N-methyl/N-ethyl adjacent to an activating group) is 1. The van der Waals surface area contributed by atoms with Gasteiger partial charge in [-0.25, -0.2) is 13.1 Å². The van der Waals surface area contributed by atoms with E-state index >= 15 is 0 Å². The van der Waals surface area contributed by atoms with Crippen molar-refractivity contribution in [3.63, 3.8) is 0 Å². The van der Waals surface area contributed by atoms with Gasteiger partial charge in [-0.2, -0.15) is 4.98 Å². The molecule has 144 valence electrons. The van der Waals surface area contributed by atoms with Crippen LogP contribution in [0.2, 0.25) is 0 Å². The molecule has 2 heterocycles. The topological polar surface area (TPSA) is 100 Å². The van der Waals surface area contributed by atoms with E-state index in [-0.39, 0.29) is 36.1 Å². The highest BCUT2D eigenvalue weighted by Gasteiger charge is 2.28. The highest BCUT2D eigenvalue weighted by molar-refractivity contribution is 7.88. The maximum Gasteiger partial charge on any atom is 0.243 e. The normalized spacial score (nSPS) is 28.5. The zero-order valence-electron chi connectivity index (χ0n) is 14.8. The first-order chi connectivity index (χ1) is 11.4. The lowest BCUT2D eigenvalue weighted by atomic mass is 9.88. The van der Waals surface area contributed by atoms with Crippen LogP contribution < -0.4 is 10.0 Å². The Hall–Kier alpha value is -0.740. The quantitative estimate of drug-likeness (QED) is 0.771. The largest absolute Gasteiger partial charge is 0.338 e. The Labute approximate surface area is 155 Å². The second kappa shape index (κ2) is 8.77. The van der Waals surface area contributed by atoms with Crippen molar-refractivity contribution in [1.82, 2.24) is 25.1 Å². The Kier molecular flexibility index (Phi) is 7.21. The summed E-state index contributed by atoms with van der Waals surface area (Å²) >= 11 is 0. The summed E-state index contributed by atoms with van der Waals surface area (Å²) in [5.41, 5.74) is 0. The van der Waals surface area contributed by atoms with Gasteiger partial charge in [0.05, 0.1) is 6.04 Å². The lowest BCUT2D eigenvalue weighted by Crippen LogP contribution is -2.44. The van der Waals surface area contributed by atoms with Gasteiger partial charge in [-0.15, -0.1) is 12.4 Å². The van der Waals surface area contributed by atoms with Gasteiger partial charge in [0.25, 0.3) is 0 Å². The summed E-state index contributed by atoms with van der Waals surface area (Å²) in [5, 5.41) is 7.26. The molecule has 0 bridgehead atoms. The monoisotopic (exact) mass is 393 g/mol. The third-order valence-electron chi connectivity index (χ3n) is 4.97. The summed E-state index contributed by atoms with van der Waals surface area (Å²) in [6.07, 6.45) is 3.93. The zero-order valence-corrected chi connectivity index (χ0v) is 16.4. The number of hydrogen-bond donors (Lipinski definition) is 2. The van der Waals surface area contributed by atoms with Crippen molar-refractivity contribution in [2.45, 2.75) is 50.4 Å². The number of piperazine rings is 1. The van der Waals surface area contributed by atoms with Crippen molar-refractivity contribution in [3.05, 3.63) is 11.7 Å². The van der Waals surface area contributed by atoms with Crippen LogP contribution in [0, 0.1) is 5.92 Å². The molecular weight excluding hydrogens is 366 g/mol. The van der Waals surface area contributed by atoms with Crippen molar-refractivity contribution in [2.75, 3.05) is 26.7 Å². The molecule has 3 rings (SSSR count). The third kappa shape index (κ3) is 5.62. The average molecular weight is 394 g/mol. The fourth-order valence-corrected chi connectivity index (χ4v) is 4.66. The summed E-state index contributed by atoms with van der Waals surface area (Å²) < 4.78 is 32.6. The molecule has 2 fully saturated rings. The molecule has 2 aliphatic rings. The molecule has 0 amide bonds. The minimum absolute atomic E-state index is 0. The molecule has 1 saturated heterocycles. The average Bonchev–Trinajstić information content (AvgIpc) is 2.97. The Balaban J connectivity index is 0.00000225. The van der Waals surface area contributed by atoms with Crippen LogP contribution in [0.15, 0.2) is 4.52 Å². The maximum absolute atomic E-state index is 12.3. The summed E-state index contributed by atoms with van der Waals surface area (Å²) in [4.78, 5) is 6.44. The van der Waals surface area contributed by atoms with Gasteiger partial charge >= 0.3 is 0 Å². The third-order valence-corrected chi connectivity index (χ3v) is 6.29. The molecule has 0 radical (unpaired) electrons. The number of hydrogen-bond acceptors (Lipinski definition) is 7. The second-order valence-electron chi connectivity index (χ2n) is 7.08. The summed E-state index contributed by atoms with van der Waals surface area (Å²) in [6.45, 7) is 4.77. The van der Waals surface area contributed by atoms with Gasteiger partial charge in [0.1, 0.15) is 5.75 Å². The molecule has 1 aliphatic carbocycles. The van der Waals surface area contributed by atoms with E-state index in [1.165, 1.54) is 0 Å². The van der Waals surface area contributed by atoms with Crippen molar-refractivity contribution < 1.29 is 12.9 Å². The van der Waals surface area contributed by atoms with Crippen LogP contribution in [-0.4, -0.2) is 56.2 Å². The van der Waals surface area contributed by atoms with Crippen molar-refractivity contribution in [3.8, 4) is 0 Å². The molecule has 1 aromatic rings. The van der Waals surface area contributed by atoms with Gasteiger partial charge in [0, 0.05) is 25.7 Å². The van der Waals surface area contributed by atoms with Crippen molar-refractivity contribution in [2.24, 2.45) is 5.92 Å². The molecule has 1 aromatic heterocycles. The summed E-state index contributed by atoms with van der Waals surface area (Å²) in [7, 11) is -1.45. The molecular formula is C15H28ClN5O3S. The van der Waals surface area contributed by atoms with Gasteiger partial charge in [-0.05, 0) is 38.6 Å². The van der Waals surface area contributed by atoms with E-state index in [2.05, 4.69) is 32.0 Å². The number of sulfonamides is 1. The summed E-state index contributed by atoms with van der Waals surface area (Å²) in [5.74, 6) is 1.13. The second-order valence-corrected chi connectivity index (χ2v) is 8.83. The van der Waals surface area contributed by atoms with E-state index in [4.69, 9.17) is 4.52 Å². The molecule has 10 heteroatoms. The van der Waals surface area contributed by atoms with Gasteiger partial charge in [0.2, 0.25) is 15.9 Å². The minimum atomic E-state index is -3.46. The molecule has 25 heavy (non-hydrogen) atoms. The van der Waals surface area contributed by atoms with Gasteiger partial charge < -0.3 is 9.84 Å². The molecule has 8 nitrogen and oxygen atoms in total. The van der Waals surface area contributed by atoms with Crippen LogP contribution in [-0.2, 0) is 15.8 Å². The molecule has 1 aliphatic heterocycles. The van der Waals surface area contributed by atoms with Gasteiger partial charge in [-0.3, -0.25) is 4.90 Å². The van der Waals surface area contributed by atoms with Crippen LogP contribution >= 0.6 is 12.4 Å². The number of rotatable bonds is 5. The van der Waals surface area contributed by atoms with Gasteiger partial charge in [-0.1, -0.05) is 12.1 Å². The Morgan fingerprint density at radius 2 is 2.04 bits per heavy atom. The molecule has 1 saturated carbocycles. The van der Waals surface area contributed by atoms with Crippen LogP contribution in [0.25, 0.3) is 0 Å². The van der Waals surface area contributed by atoms with Crippen LogP contribution in [0.5, 0.6) is 0 Å². The highest BCUT2D eigenvalue weighted by atomic mass is 35.5. The van der Waals surface area contributed by atoms with E-state index in [1.54, 1.807) is 0 Å². The molecule has 1 unspecified atom stereocenters. The lowest BCUT2D eigenvalue weighted by Gasteiger charge is -2.30. The molecule has 0 aromatic carbocycles. The fraction of sp³-hybridized carbons (Fsp3) is 0.867. The maximum atomic E-state index is 12.3. The first-order valence-corrected chi connectivity index (χ1v) is 10.3. The first kappa shape index (κ1) is 20.6. The van der Waals surface area contributed by atoms with Crippen molar-refractivity contribution in [1.29, 1.82) is 0 Å². The van der Waals surface area contributed by atoms with E-state index in [1.807, 2.05) is 7.05 Å². The predicted molar refractivity (Wildman–Crippen MR) is 97.0 cm³/mol. The van der Waals surface area contributed by atoms with E-state index < -0.39 is 10.0 Å². The highest BCUT2D eigenvalue weighted by Crippen LogP contribution is 2.24. The zero-order chi connectivity index (χ0) is 17.2. The minimum Gasteiger partial charge on any atom is -0.338 e. The Morgan fingerprint density at radius 3 is 2.72 bits per heavy atom. The summed E-state index contributed by atoms with van der Waals surface area (Å²) in [6, 6.07) is 0.0500. The number of nitrogens with one attached hydrogen (secondary N) is 2. The van der Waals surface area contributed by atoms with Crippen molar-refractivity contribution >= 4 is 22.4 Å². The molecule has 1 atom stereocenters. The first-order valence-electron chi connectivity index (χ1n) is 8.66.